The summed E-state index contributed by atoms with van der Waals surface area (Å²) in [7, 11) is 1.63. The van der Waals surface area contributed by atoms with E-state index in [0.29, 0.717) is 5.56 Å². The maximum absolute atomic E-state index is 11.2. The minimum atomic E-state index is -0.0465. The van der Waals surface area contributed by atoms with Gasteiger partial charge in [0.15, 0.2) is 0 Å². The Morgan fingerprint density at radius 2 is 2.00 bits per heavy atom. The van der Waals surface area contributed by atoms with Gasteiger partial charge in [0.25, 0.3) is 0 Å². The molecule has 12 heavy (non-hydrogen) atoms. The summed E-state index contributed by atoms with van der Waals surface area (Å²) in [4.78, 5) is 11.2. The van der Waals surface area contributed by atoms with Crippen LogP contribution in [0.3, 0.4) is 0 Å². The Morgan fingerprint density at radius 3 is 2.50 bits per heavy atom. The van der Waals surface area contributed by atoms with Crippen LogP contribution in [0.25, 0.3) is 0 Å². The topological polar surface area (TPSA) is 29.1 Å². The number of carbonyl (C=O) groups excluding carboxylic acids is 1. The molecule has 0 atom stereocenters. The van der Waals surface area contributed by atoms with Crippen molar-refractivity contribution in [2.75, 3.05) is 7.05 Å². The fourth-order valence-corrected chi connectivity index (χ4v) is 1.55. The van der Waals surface area contributed by atoms with Gasteiger partial charge >= 0.3 is 89.2 Å². The SMILES string of the molecule is CNC(=O)c1ccc([As])c([As])c1. The van der Waals surface area contributed by atoms with E-state index in [9.17, 15) is 4.79 Å². The van der Waals surface area contributed by atoms with E-state index in [2.05, 4.69) is 39.0 Å². The average molecular weight is 283 g/mol. The Hall–Kier alpha value is -0.193. The monoisotopic (exact) mass is 283 g/mol. The molecule has 1 amide bonds. The molecule has 0 bridgehead atoms. The van der Waals surface area contributed by atoms with Crippen LogP contribution in [0.2, 0.25) is 0 Å². The molecule has 0 aromatic heterocycles. The summed E-state index contributed by atoms with van der Waals surface area (Å²) in [6, 6.07) is 5.58. The van der Waals surface area contributed by atoms with Gasteiger partial charge in [-0.25, -0.2) is 0 Å². The second-order valence-electron chi connectivity index (χ2n) is 2.28. The van der Waals surface area contributed by atoms with Gasteiger partial charge in [0.1, 0.15) is 0 Å². The van der Waals surface area contributed by atoms with Crippen LogP contribution >= 0.6 is 0 Å². The fourth-order valence-electron chi connectivity index (χ4n) is 0.809. The first-order valence-electron chi connectivity index (χ1n) is 3.39. The molecule has 2 nitrogen and oxygen atoms in total. The molecule has 0 aliphatic rings. The van der Waals surface area contributed by atoms with Gasteiger partial charge in [-0.15, -0.1) is 0 Å². The summed E-state index contributed by atoms with van der Waals surface area (Å²) in [5.74, 6) is -0.0465. The Bertz CT molecular complexity index is 312. The second kappa shape index (κ2) is 4.16. The summed E-state index contributed by atoms with van der Waals surface area (Å²) in [5, 5.41) is 2.58. The molecule has 0 heterocycles. The van der Waals surface area contributed by atoms with E-state index in [1.54, 1.807) is 7.05 Å². The second-order valence-corrected chi connectivity index (χ2v) is 4.30. The first kappa shape index (κ1) is 9.89. The van der Waals surface area contributed by atoms with Crippen molar-refractivity contribution in [2.45, 2.75) is 0 Å². The summed E-state index contributed by atoms with van der Waals surface area (Å²) < 4.78 is 2.18. The van der Waals surface area contributed by atoms with Gasteiger partial charge in [-0.1, -0.05) is 0 Å². The Kier molecular flexibility index (Phi) is 3.43. The van der Waals surface area contributed by atoms with Crippen LogP contribution in [0.4, 0.5) is 0 Å². The van der Waals surface area contributed by atoms with E-state index in [0.717, 1.165) is 8.70 Å². The van der Waals surface area contributed by atoms with E-state index < -0.39 is 0 Å². The van der Waals surface area contributed by atoms with Gasteiger partial charge in [-0.2, -0.15) is 0 Å². The fraction of sp³-hybridized carbons (Fsp3) is 0.125. The molecule has 0 aliphatic carbocycles. The van der Waals surface area contributed by atoms with Crippen molar-refractivity contribution in [3.05, 3.63) is 23.8 Å². The van der Waals surface area contributed by atoms with E-state index in [4.69, 9.17) is 0 Å². The third-order valence-corrected chi connectivity index (χ3v) is 3.89. The molecule has 0 spiro atoms. The Labute approximate surface area is 89.1 Å². The molecular weight excluding hydrogens is 276 g/mol. The summed E-state index contributed by atoms with van der Waals surface area (Å²) in [6.07, 6.45) is 0. The molecule has 1 rings (SSSR count). The third-order valence-electron chi connectivity index (χ3n) is 1.46. The van der Waals surface area contributed by atoms with Crippen molar-refractivity contribution in [1.29, 1.82) is 0 Å². The van der Waals surface area contributed by atoms with Crippen molar-refractivity contribution in [1.82, 2.24) is 5.32 Å². The molecule has 1 N–H and O–H groups in total. The predicted octanol–water partition coefficient (Wildman–Crippen LogP) is -1.37. The van der Waals surface area contributed by atoms with Crippen molar-refractivity contribution < 1.29 is 4.79 Å². The van der Waals surface area contributed by atoms with E-state index in [1.807, 2.05) is 18.2 Å². The number of hydrogen-bond donors (Lipinski definition) is 1. The number of amides is 1. The van der Waals surface area contributed by atoms with Crippen molar-refractivity contribution in [2.24, 2.45) is 0 Å². The van der Waals surface area contributed by atoms with Crippen molar-refractivity contribution in [3.8, 4) is 0 Å². The van der Waals surface area contributed by atoms with Crippen molar-refractivity contribution in [3.63, 3.8) is 0 Å². The molecule has 0 aliphatic heterocycles. The number of hydrogen-bond acceptors (Lipinski definition) is 1. The van der Waals surface area contributed by atoms with Crippen LogP contribution in [-0.4, -0.2) is 46.7 Å². The standard InChI is InChI=1S/C8H7As2NO/c1-11-8(12)5-2-3-6(9)7(10)4-5/h2-4H,1H3,(H,11,12). The van der Waals surface area contributed by atoms with E-state index in [-0.39, 0.29) is 5.91 Å². The van der Waals surface area contributed by atoms with Gasteiger partial charge < -0.3 is 0 Å². The summed E-state index contributed by atoms with van der Waals surface area (Å²) >= 11 is 4.90. The van der Waals surface area contributed by atoms with Gasteiger partial charge in [0.05, 0.1) is 0 Å². The van der Waals surface area contributed by atoms with Gasteiger partial charge in [-0.3, -0.25) is 0 Å². The first-order valence-corrected chi connectivity index (χ1v) is 5.27. The Balaban J connectivity index is 3.05. The third kappa shape index (κ3) is 2.15. The molecule has 4 heteroatoms. The Morgan fingerprint density at radius 1 is 1.33 bits per heavy atom. The van der Waals surface area contributed by atoms with Crippen LogP contribution in [0.1, 0.15) is 10.4 Å². The predicted molar refractivity (Wildman–Crippen MR) is 50.6 cm³/mol. The van der Waals surface area contributed by atoms with Gasteiger partial charge in [-0.05, 0) is 0 Å². The molecule has 60 valence electrons. The molecule has 0 saturated heterocycles. The number of carbonyl (C=O) groups is 1. The summed E-state index contributed by atoms with van der Waals surface area (Å²) in [6.45, 7) is 0. The number of rotatable bonds is 1. The first-order chi connectivity index (χ1) is 5.65. The average Bonchev–Trinajstić information content (AvgIpc) is 2.08. The zero-order valence-corrected chi connectivity index (χ0v) is 10.3. The quantitative estimate of drug-likeness (QED) is 0.633. The zero-order valence-electron chi connectivity index (χ0n) is 6.53. The normalized spacial score (nSPS) is 9.58. The van der Waals surface area contributed by atoms with Gasteiger partial charge in [0, 0.05) is 0 Å². The number of benzene rings is 1. The molecule has 4 radical (unpaired) electrons. The van der Waals surface area contributed by atoms with Crippen molar-refractivity contribution >= 4 is 48.3 Å². The van der Waals surface area contributed by atoms with E-state index in [1.165, 1.54) is 0 Å². The van der Waals surface area contributed by atoms with Crippen LogP contribution in [0.5, 0.6) is 0 Å². The summed E-state index contributed by atoms with van der Waals surface area (Å²) in [5.41, 5.74) is 0.697. The minimum absolute atomic E-state index is 0.0465. The van der Waals surface area contributed by atoms with Crippen LogP contribution in [0.15, 0.2) is 18.2 Å². The van der Waals surface area contributed by atoms with Crippen LogP contribution in [-0.2, 0) is 0 Å². The molecule has 0 saturated carbocycles. The van der Waals surface area contributed by atoms with Crippen LogP contribution in [0, 0.1) is 0 Å². The number of nitrogens with one attached hydrogen (secondary N) is 1. The maximum atomic E-state index is 11.2. The molecular formula is C8H7As2NO. The van der Waals surface area contributed by atoms with Gasteiger partial charge in [0.2, 0.25) is 0 Å². The zero-order chi connectivity index (χ0) is 9.14. The molecule has 0 unspecified atom stereocenters. The molecule has 1 aromatic carbocycles. The van der Waals surface area contributed by atoms with E-state index >= 15 is 0 Å². The van der Waals surface area contributed by atoms with Crippen LogP contribution < -0.4 is 14.0 Å². The molecule has 1 aromatic rings. The molecule has 0 fully saturated rings.